The Morgan fingerprint density at radius 3 is 3.17 bits per heavy atom. The van der Waals surface area contributed by atoms with Gasteiger partial charge in [0.1, 0.15) is 18.0 Å². The van der Waals surface area contributed by atoms with Crippen molar-refractivity contribution in [3.8, 4) is 0 Å². The van der Waals surface area contributed by atoms with Crippen LogP contribution in [0.1, 0.15) is 17.9 Å². The molecule has 1 aliphatic heterocycles. The van der Waals surface area contributed by atoms with Crippen molar-refractivity contribution in [3.05, 3.63) is 23.9 Å². The average Bonchev–Trinajstić information content (AvgIpc) is 2.74. The van der Waals surface area contributed by atoms with Gasteiger partial charge in [-0.05, 0) is 13.3 Å². The summed E-state index contributed by atoms with van der Waals surface area (Å²) in [5.41, 5.74) is 6.50. The largest absolute Gasteiger partial charge is 0.368 e. The molecule has 94 valence electrons. The molecule has 0 bridgehead atoms. The summed E-state index contributed by atoms with van der Waals surface area (Å²) in [4.78, 5) is 12.4. The number of rotatable bonds is 2. The summed E-state index contributed by atoms with van der Waals surface area (Å²) in [5, 5.41) is 7.57. The number of aromatic nitrogens is 5. The van der Waals surface area contributed by atoms with E-state index in [9.17, 15) is 0 Å². The molecule has 0 saturated heterocycles. The molecule has 1 atom stereocenters. The quantitative estimate of drug-likeness (QED) is 0.794. The minimum Gasteiger partial charge on any atom is -0.368 e. The average molecular weight is 245 g/mol. The Bertz CT molecular complexity index is 542. The summed E-state index contributed by atoms with van der Waals surface area (Å²) in [6.45, 7) is 2.71. The molecule has 2 aromatic heterocycles. The van der Waals surface area contributed by atoms with Crippen molar-refractivity contribution in [2.45, 2.75) is 32.4 Å². The van der Waals surface area contributed by atoms with Gasteiger partial charge in [-0.15, -0.1) is 0 Å². The second kappa shape index (κ2) is 4.25. The standard InChI is InChI=1S/C11H15N7/c1-7-4-9(17-11(12)15-7)16-8-2-3-10-13-6-14-18(10)5-8/h4,6,8H,2-3,5H2,1H3,(H3,12,15,16,17). The molecule has 3 rings (SSSR count). The number of nitrogens with zero attached hydrogens (tertiary/aromatic N) is 5. The van der Waals surface area contributed by atoms with Gasteiger partial charge in [0.25, 0.3) is 0 Å². The van der Waals surface area contributed by atoms with Crippen LogP contribution in [0.15, 0.2) is 12.4 Å². The van der Waals surface area contributed by atoms with E-state index in [4.69, 9.17) is 5.73 Å². The second-order valence-corrected chi connectivity index (χ2v) is 4.49. The molecule has 0 radical (unpaired) electrons. The van der Waals surface area contributed by atoms with Crippen LogP contribution in [0.2, 0.25) is 0 Å². The van der Waals surface area contributed by atoms with E-state index in [0.29, 0.717) is 12.0 Å². The lowest BCUT2D eigenvalue weighted by Gasteiger charge is -2.24. The molecule has 18 heavy (non-hydrogen) atoms. The minimum atomic E-state index is 0.299. The van der Waals surface area contributed by atoms with Gasteiger partial charge in [-0.1, -0.05) is 0 Å². The van der Waals surface area contributed by atoms with E-state index >= 15 is 0 Å². The maximum atomic E-state index is 5.63. The van der Waals surface area contributed by atoms with E-state index in [1.54, 1.807) is 6.33 Å². The van der Waals surface area contributed by atoms with Crippen LogP contribution in [-0.4, -0.2) is 30.8 Å². The molecule has 0 spiro atoms. The van der Waals surface area contributed by atoms with Gasteiger partial charge < -0.3 is 11.1 Å². The fourth-order valence-electron chi connectivity index (χ4n) is 2.23. The first kappa shape index (κ1) is 10.9. The lowest BCUT2D eigenvalue weighted by molar-refractivity contribution is 0.440. The van der Waals surface area contributed by atoms with Crippen LogP contribution in [0.25, 0.3) is 0 Å². The van der Waals surface area contributed by atoms with E-state index in [-0.39, 0.29) is 0 Å². The summed E-state index contributed by atoms with van der Waals surface area (Å²) in [5.74, 6) is 2.12. The number of nitrogens with two attached hydrogens (primary N) is 1. The van der Waals surface area contributed by atoms with Crippen LogP contribution in [0, 0.1) is 6.92 Å². The first-order valence-electron chi connectivity index (χ1n) is 5.95. The lowest BCUT2D eigenvalue weighted by atomic mass is 10.1. The van der Waals surface area contributed by atoms with Crippen molar-refractivity contribution >= 4 is 11.8 Å². The number of nitrogen functional groups attached to an aromatic ring is 1. The van der Waals surface area contributed by atoms with Gasteiger partial charge in [-0.3, -0.25) is 0 Å². The van der Waals surface area contributed by atoms with E-state index in [0.717, 1.165) is 36.7 Å². The molecule has 1 unspecified atom stereocenters. The maximum absolute atomic E-state index is 5.63. The second-order valence-electron chi connectivity index (χ2n) is 4.49. The van der Waals surface area contributed by atoms with Crippen molar-refractivity contribution in [1.82, 2.24) is 24.7 Å². The zero-order chi connectivity index (χ0) is 12.5. The van der Waals surface area contributed by atoms with Crippen molar-refractivity contribution in [1.29, 1.82) is 0 Å². The fraction of sp³-hybridized carbons (Fsp3) is 0.455. The topological polar surface area (TPSA) is 94.5 Å². The van der Waals surface area contributed by atoms with Gasteiger partial charge >= 0.3 is 0 Å². The zero-order valence-corrected chi connectivity index (χ0v) is 10.2. The van der Waals surface area contributed by atoms with Crippen molar-refractivity contribution in [2.24, 2.45) is 0 Å². The van der Waals surface area contributed by atoms with E-state index in [1.165, 1.54) is 0 Å². The molecule has 7 nitrogen and oxygen atoms in total. The molecule has 2 aromatic rings. The number of fused-ring (bicyclic) bond motifs is 1. The van der Waals surface area contributed by atoms with Crippen LogP contribution in [0.4, 0.5) is 11.8 Å². The summed E-state index contributed by atoms with van der Waals surface area (Å²) in [6, 6.07) is 2.20. The molecule has 0 saturated carbocycles. The van der Waals surface area contributed by atoms with Gasteiger partial charge in [0, 0.05) is 24.2 Å². The molecule has 1 aliphatic rings. The number of anilines is 2. The minimum absolute atomic E-state index is 0.299. The van der Waals surface area contributed by atoms with E-state index in [2.05, 4.69) is 25.4 Å². The van der Waals surface area contributed by atoms with Crippen LogP contribution >= 0.6 is 0 Å². The zero-order valence-electron chi connectivity index (χ0n) is 10.2. The predicted octanol–water partition coefficient (Wildman–Crippen LogP) is 0.386. The maximum Gasteiger partial charge on any atom is 0.222 e. The van der Waals surface area contributed by atoms with Gasteiger partial charge in [-0.25, -0.2) is 14.6 Å². The highest BCUT2D eigenvalue weighted by molar-refractivity contribution is 5.41. The van der Waals surface area contributed by atoms with Gasteiger partial charge in [0.15, 0.2) is 0 Å². The molecular formula is C11H15N7. The molecule has 0 aliphatic carbocycles. The molecule has 7 heteroatoms. The predicted molar refractivity (Wildman–Crippen MR) is 66.9 cm³/mol. The summed E-state index contributed by atoms with van der Waals surface area (Å²) < 4.78 is 1.93. The van der Waals surface area contributed by atoms with Gasteiger partial charge in [0.2, 0.25) is 5.95 Å². The Morgan fingerprint density at radius 2 is 2.33 bits per heavy atom. The highest BCUT2D eigenvalue weighted by Gasteiger charge is 2.19. The fourth-order valence-corrected chi connectivity index (χ4v) is 2.23. The molecule has 3 heterocycles. The third-order valence-corrected chi connectivity index (χ3v) is 3.03. The smallest absolute Gasteiger partial charge is 0.222 e. The first-order chi connectivity index (χ1) is 8.70. The van der Waals surface area contributed by atoms with Crippen molar-refractivity contribution in [3.63, 3.8) is 0 Å². The normalized spacial score (nSPS) is 18.4. The molecule has 0 fully saturated rings. The Morgan fingerprint density at radius 1 is 1.44 bits per heavy atom. The third kappa shape index (κ3) is 2.11. The highest BCUT2D eigenvalue weighted by atomic mass is 15.3. The first-order valence-corrected chi connectivity index (χ1v) is 5.95. The van der Waals surface area contributed by atoms with Gasteiger partial charge in [0.05, 0.1) is 6.54 Å². The number of hydrogen-bond donors (Lipinski definition) is 2. The monoisotopic (exact) mass is 245 g/mol. The third-order valence-electron chi connectivity index (χ3n) is 3.03. The Labute approximate surface area is 104 Å². The molecular weight excluding hydrogens is 230 g/mol. The van der Waals surface area contributed by atoms with E-state index < -0.39 is 0 Å². The Kier molecular flexibility index (Phi) is 2.58. The lowest BCUT2D eigenvalue weighted by Crippen LogP contribution is -2.32. The molecule has 0 amide bonds. The summed E-state index contributed by atoms with van der Waals surface area (Å²) >= 11 is 0. The Hall–Kier alpha value is -2.18. The number of nitrogens with one attached hydrogen (secondary N) is 1. The van der Waals surface area contributed by atoms with Crippen LogP contribution in [-0.2, 0) is 13.0 Å². The molecule has 3 N–H and O–H groups in total. The molecule has 0 aromatic carbocycles. The van der Waals surface area contributed by atoms with Crippen molar-refractivity contribution in [2.75, 3.05) is 11.1 Å². The SMILES string of the molecule is Cc1cc(NC2CCc3ncnn3C2)nc(N)n1. The number of aryl methyl sites for hydroxylation is 2. The van der Waals surface area contributed by atoms with Crippen LogP contribution in [0.5, 0.6) is 0 Å². The number of hydrogen-bond acceptors (Lipinski definition) is 6. The highest BCUT2D eigenvalue weighted by Crippen LogP contribution is 2.16. The summed E-state index contributed by atoms with van der Waals surface area (Å²) in [7, 11) is 0. The van der Waals surface area contributed by atoms with E-state index in [1.807, 2.05) is 17.7 Å². The van der Waals surface area contributed by atoms with Crippen LogP contribution in [0.3, 0.4) is 0 Å². The van der Waals surface area contributed by atoms with Crippen molar-refractivity contribution < 1.29 is 0 Å². The Balaban J connectivity index is 1.74. The van der Waals surface area contributed by atoms with Crippen LogP contribution < -0.4 is 11.1 Å². The van der Waals surface area contributed by atoms with Gasteiger partial charge in [-0.2, -0.15) is 10.1 Å². The summed E-state index contributed by atoms with van der Waals surface area (Å²) in [6.07, 6.45) is 3.55.